The van der Waals surface area contributed by atoms with Crippen LogP contribution in [-0.4, -0.2) is 29.9 Å². The van der Waals surface area contributed by atoms with E-state index in [0.717, 1.165) is 44.6 Å². The molecule has 2 N–H and O–H groups in total. The Morgan fingerprint density at radius 3 is 2.12 bits per heavy atom. The van der Waals surface area contributed by atoms with Crippen molar-refractivity contribution in [3.8, 4) is 0 Å². The first-order chi connectivity index (χ1) is 8.20. The number of hydrogen-bond acceptors (Lipinski definition) is 4. The molecule has 0 heterocycles. The lowest BCUT2D eigenvalue weighted by atomic mass is 10.1. The Hall–Kier alpha value is -1.03. The van der Waals surface area contributed by atoms with Gasteiger partial charge < -0.3 is 14.9 Å². The maximum Gasteiger partial charge on any atom is 0.333 e. The number of ether oxygens (including phenoxy) is 1. The van der Waals surface area contributed by atoms with E-state index in [0.29, 0.717) is 6.42 Å². The summed E-state index contributed by atoms with van der Waals surface area (Å²) >= 11 is 0. The van der Waals surface area contributed by atoms with Gasteiger partial charge in [-0.15, -0.1) is 0 Å². The van der Waals surface area contributed by atoms with Gasteiger partial charge in [-0.25, -0.2) is 4.79 Å². The molecule has 100 valence electrons. The van der Waals surface area contributed by atoms with Gasteiger partial charge in [-0.1, -0.05) is 32.1 Å². The molecule has 0 aliphatic heterocycles. The average molecular weight is 244 g/mol. The zero-order valence-electron chi connectivity index (χ0n) is 10.7. The standard InChI is InChI=1S/C13H24O4/c1-17-13(16)11-12(15)9-7-5-3-2-4-6-8-10-14/h11,14-15H,2-10H2,1H3. The molecule has 0 atom stereocenters. The van der Waals surface area contributed by atoms with E-state index < -0.39 is 5.97 Å². The third-order valence-corrected chi connectivity index (χ3v) is 2.58. The predicted octanol–water partition coefficient (Wildman–Crippen LogP) is 2.71. The summed E-state index contributed by atoms with van der Waals surface area (Å²) < 4.78 is 4.41. The summed E-state index contributed by atoms with van der Waals surface area (Å²) in [6, 6.07) is 0. The Bertz CT molecular complexity index is 223. The van der Waals surface area contributed by atoms with Crippen LogP contribution in [0.15, 0.2) is 11.8 Å². The SMILES string of the molecule is COC(=O)C=C(O)CCCCCCCCCO. The van der Waals surface area contributed by atoms with Gasteiger partial charge in [0.15, 0.2) is 0 Å². The number of allylic oxidation sites excluding steroid dienone is 1. The van der Waals surface area contributed by atoms with Crippen LogP contribution in [0.25, 0.3) is 0 Å². The van der Waals surface area contributed by atoms with Gasteiger partial charge in [0.1, 0.15) is 0 Å². The van der Waals surface area contributed by atoms with Gasteiger partial charge in [-0.3, -0.25) is 0 Å². The number of aliphatic hydroxyl groups excluding tert-OH is 2. The molecule has 4 nitrogen and oxygen atoms in total. The van der Waals surface area contributed by atoms with Crippen LogP contribution in [0.4, 0.5) is 0 Å². The molecule has 0 amide bonds. The normalized spacial score (nSPS) is 11.5. The summed E-state index contributed by atoms with van der Waals surface area (Å²) in [4.78, 5) is 10.8. The molecule has 0 saturated heterocycles. The van der Waals surface area contributed by atoms with Crippen LogP contribution in [0.1, 0.15) is 51.4 Å². The van der Waals surface area contributed by atoms with Crippen LogP contribution in [0, 0.1) is 0 Å². The Labute approximate surface area is 103 Å². The smallest absolute Gasteiger partial charge is 0.333 e. The van der Waals surface area contributed by atoms with Crippen LogP contribution in [0.3, 0.4) is 0 Å². The van der Waals surface area contributed by atoms with Crippen molar-refractivity contribution in [2.45, 2.75) is 51.4 Å². The minimum absolute atomic E-state index is 0.0946. The molecule has 4 heteroatoms. The Morgan fingerprint density at radius 2 is 1.59 bits per heavy atom. The number of methoxy groups -OCH3 is 1. The number of hydrogen-bond donors (Lipinski definition) is 2. The lowest BCUT2D eigenvalue weighted by Crippen LogP contribution is -1.97. The van der Waals surface area contributed by atoms with E-state index >= 15 is 0 Å². The third kappa shape index (κ3) is 11.2. The second-order valence-corrected chi connectivity index (χ2v) is 4.11. The fourth-order valence-corrected chi connectivity index (χ4v) is 1.57. The minimum atomic E-state index is -0.508. The molecule has 0 unspecified atom stereocenters. The highest BCUT2D eigenvalue weighted by Crippen LogP contribution is 2.11. The number of unbranched alkanes of at least 4 members (excludes halogenated alkanes) is 6. The van der Waals surface area contributed by atoms with E-state index in [9.17, 15) is 9.90 Å². The van der Waals surface area contributed by atoms with E-state index in [1.807, 2.05) is 0 Å². The second kappa shape index (κ2) is 11.5. The van der Waals surface area contributed by atoms with Crippen LogP contribution in [0.2, 0.25) is 0 Å². The highest BCUT2D eigenvalue weighted by atomic mass is 16.5. The molecular formula is C13H24O4. The molecule has 0 saturated carbocycles. The van der Waals surface area contributed by atoms with Gasteiger partial charge in [0.05, 0.1) is 18.9 Å². The van der Waals surface area contributed by atoms with Crippen molar-refractivity contribution < 1.29 is 19.7 Å². The molecule has 0 spiro atoms. The monoisotopic (exact) mass is 244 g/mol. The Kier molecular flexibility index (Phi) is 10.8. The molecule has 0 aromatic carbocycles. The largest absolute Gasteiger partial charge is 0.512 e. The number of esters is 1. The van der Waals surface area contributed by atoms with E-state index in [2.05, 4.69) is 4.74 Å². The van der Waals surface area contributed by atoms with Crippen molar-refractivity contribution >= 4 is 5.97 Å². The first-order valence-corrected chi connectivity index (χ1v) is 6.29. The fraction of sp³-hybridized carbons (Fsp3) is 0.769. The van der Waals surface area contributed by atoms with Gasteiger partial charge in [-0.05, 0) is 12.8 Å². The average Bonchev–Trinajstić information content (AvgIpc) is 2.32. The van der Waals surface area contributed by atoms with Gasteiger partial charge in [0.2, 0.25) is 0 Å². The lowest BCUT2D eigenvalue weighted by Gasteiger charge is -2.01. The summed E-state index contributed by atoms with van der Waals surface area (Å²) in [5.74, 6) is -0.413. The molecule has 17 heavy (non-hydrogen) atoms. The lowest BCUT2D eigenvalue weighted by molar-refractivity contribution is -0.135. The van der Waals surface area contributed by atoms with Crippen LogP contribution in [-0.2, 0) is 9.53 Å². The van der Waals surface area contributed by atoms with Gasteiger partial charge >= 0.3 is 5.97 Å². The van der Waals surface area contributed by atoms with E-state index in [1.54, 1.807) is 0 Å². The zero-order valence-corrected chi connectivity index (χ0v) is 10.7. The van der Waals surface area contributed by atoms with Crippen LogP contribution in [0.5, 0.6) is 0 Å². The van der Waals surface area contributed by atoms with Crippen LogP contribution >= 0.6 is 0 Å². The molecule has 0 bridgehead atoms. The first-order valence-electron chi connectivity index (χ1n) is 6.29. The molecule has 0 aromatic rings. The van der Waals surface area contributed by atoms with Crippen molar-refractivity contribution in [1.82, 2.24) is 0 Å². The van der Waals surface area contributed by atoms with Crippen molar-refractivity contribution in [3.63, 3.8) is 0 Å². The Morgan fingerprint density at radius 1 is 1.06 bits per heavy atom. The number of carbonyl (C=O) groups is 1. The minimum Gasteiger partial charge on any atom is -0.512 e. The molecular weight excluding hydrogens is 220 g/mol. The summed E-state index contributed by atoms with van der Waals surface area (Å²) in [7, 11) is 1.29. The topological polar surface area (TPSA) is 66.8 Å². The molecule has 0 aliphatic carbocycles. The van der Waals surface area contributed by atoms with Crippen molar-refractivity contribution in [1.29, 1.82) is 0 Å². The zero-order chi connectivity index (χ0) is 12.9. The summed E-state index contributed by atoms with van der Waals surface area (Å²) in [6.45, 7) is 0.284. The summed E-state index contributed by atoms with van der Waals surface area (Å²) in [5, 5.41) is 17.9. The van der Waals surface area contributed by atoms with E-state index in [1.165, 1.54) is 13.5 Å². The maximum atomic E-state index is 10.8. The second-order valence-electron chi connectivity index (χ2n) is 4.11. The van der Waals surface area contributed by atoms with Crippen molar-refractivity contribution in [3.05, 3.63) is 11.8 Å². The summed E-state index contributed by atoms with van der Waals surface area (Å²) in [5.41, 5.74) is 0. The van der Waals surface area contributed by atoms with Gasteiger partial charge in [0.25, 0.3) is 0 Å². The van der Waals surface area contributed by atoms with Gasteiger partial charge in [0, 0.05) is 13.0 Å². The third-order valence-electron chi connectivity index (χ3n) is 2.58. The first kappa shape index (κ1) is 16.0. The molecule has 0 aliphatic rings. The predicted molar refractivity (Wildman–Crippen MR) is 66.7 cm³/mol. The Balaban J connectivity index is 3.33. The number of rotatable bonds is 10. The molecule has 0 rings (SSSR count). The van der Waals surface area contributed by atoms with Crippen LogP contribution < -0.4 is 0 Å². The van der Waals surface area contributed by atoms with Crippen molar-refractivity contribution in [2.75, 3.05) is 13.7 Å². The molecule has 0 radical (unpaired) electrons. The fourth-order valence-electron chi connectivity index (χ4n) is 1.57. The highest BCUT2D eigenvalue weighted by molar-refractivity contribution is 5.82. The van der Waals surface area contributed by atoms with Gasteiger partial charge in [-0.2, -0.15) is 0 Å². The van der Waals surface area contributed by atoms with Crippen molar-refractivity contribution in [2.24, 2.45) is 0 Å². The van der Waals surface area contributed by atoms with E-state index in [4.69, 9.17) is 5.11 Å². The summed E-state index contributed by atoms with van der Waals surface area (Å²) in [6.07, 6.45) is 9.04. The molecule has 0 fully saturated rings. The number of aliphatic hydroxyl groups is 2. The molecule has 0 aromatic heterocycles. The van der Waals surface area contributed by atoms with E-state index in [-0.39, 0.29) is 12.4 Å². The quantitative estimate of drug-likeness (QED) is 0.268. The maximum absolute atomic E-state index is 10.8. The highest BCUT2D eigenvalue weighted by Gasteiger charge is 1.99. The number of carbonyl (C=O) groups excluding carboxylic acids is 1.